The van der Waals surface area contributed by atoms with E-state index in [2.05, 4.69) is 0 Å². The average molecular weight is 319 g/mol. The Kier molecular flexibility index (Phi) is 4.59. The first-order valence-corrected chi connectivity index (χ1v) is 8.29. The van der Waals surface area contributed by atoms with E-state index in [1.807, 2.05) is 6.92 Å². The average Bonchev–Trinajstić information content (AvgIpc) is 2.38. The van der Waals surface area contributed by atoms with Gasteiger partial charge in [-0.05, 0) is 38.0 Å². The molecule has 1 aromatic carbocycles. The van der Waals surface area contributed by atoms with Gasteiger partial charge in [-0.1, -0.05) is 11.6 Å². The highest BCUT2D eigenvalue weighted by Gasteiger charge is 2.33. The Morgan fingerprint density at radius 1 is 1.45 bits per heavy atom. The van der Waals surface area contributed by atoms with Gasteiger partial charge in [0.25, 0.3) is 0 Å². The number of benzene rings is 1. The number of nitrogens with two attached hydrogens (primary N) is 1. The van der Waals surface area contributed by atoms with Crippen LogP contribution in [0.5, 0.6) is 5.75 Å². The number of hydrogen-bond acceptors (Lipinski definition) is 4. The van der Waals surface area contributed by atoms with Crippen LogP contribution in [0.4, 0.5) is 0 Å². The van der Waals surface area contributed by atoms with Crippen LogP contribution in [-0.2, 0) is 10.0 Å². The lowest BCUT2D eigenvalue weighted by Crippen LogP contribution is -2.48. The standard InChI is InChI=1S/C13H19ClN2O3S/c1-9-7-10(15)5-6-16(9)20(17,18)11-3-4-13(19-2)12(14)8-11/h3-4,8-10H,5-7,15H2,1-2H3/t9-,10+/m1/s1. The molecular formula is C13H19ClN2O3S. The number of rotatable bonds is 3. The molecule has 2 N–H and O–H groups in total. The molecule has 0 spiro atoms. The number of halogens is 1. The van der Waals surface area contributed by atoms with E-state index in [0.29, 0.717) is 25.1 Å². The Hall–Kier alpha value is -0.820. The zero-order valence-electron chi connectivity index (χ0n) is 11.5. The summed E-state index contributed by atoms with van der Waals surface area (Å²) in [6.45, 7) is 2.32. The van der Waals surface area contributed by atoms with Gasteiger partial charge in [0.2, 0.25) is 10.0 Å². The van der Waals surface area contributed by atoms with Crippen LogP contribution in [0.3, 0.4) is 0 Å². The molecule has 1 fully saturated rings. The Morgan fingerprint density at radius 3 is 2.70 bits per heavy atom. The summed E-state index contributed by atoms with van der Waals surface area (Å²) in [6, 6.07) is 4.47. The smallest absolute Gasteiger partial charge is 0.243 e. The number of ether oxygens (including phenoxy) is 1. The van der Waals surface area contributed by atoms with Gasteiger partial charge < -0.3 is 10.5 Å². The second kappa shape index (κ2) is 5.89. The minimum atomic E-state index is -3.54. The van der Waals surface area contributed by atoms with Gasteiger partial charge in [-0.15, -0.1) is 0 Å². The molecule has 112 valence electrons. The molecule has 0 aliphatic carbocycles. The number of methoxy groups -OCH3 is 1. The predicted molar refractivity (Wildman–Crippen MR) is 78.6 cm³/mol. The molecule has 1 saturated heterocycles. The number of sulfonamides is 1. The van der Waals surface area contributed by atoms with Gasteiger partial charge in [-0.25, -0.2) is 8.42 Å². The molecule has 0 unspecified atom stereocenters. The third-order valence-electron chi connectivity index (χ3n) is 3.59. The fraction of sp³-hybridized carbons (Fsp3) is 0.538. The van der Waals surface area contributed by atoms with Crippen molar-refractivity contribution in [1.29, 1.82) is 0 Å². The SMILES string of the molecule is COc1ccc(S(=O)(=O)N2CC[C@H](N)C[C@H]2C)cc1Cl. The number of hydrogen-bond donors (Lipinski definition) is 1. The molecule has 20 heavy (non-hydrogen) atoms. The van der Waals surface area contributed by atoms with Crippen molar-refractivity contribution in [3.8, 4) is 5.75 Å². The van der Waals surface area contributed by atoms with Crippen LogP contribution in [0, 0.1) is 0 Å². The molecular weight excluding hydrogens is 300 g/mol. The van der Waals surface area contributed by atoms with Gasteiger partial charge in [0, 0.05) is 18.6 Å². The summed E-state index contributed by atoms with van der Waals surface area (Å²) >= 11 is 6.01. The van der Waals surface area contributed by atoms with Gasteiger partial charge >= 0.3 is 0 Å². The first-order chi connectivity index (χ1) is 9.36. The monoisotopic (exact) mass is 318 g/mol. The van der Waals surface area contributed by atoms with E-state index in [4.69, 9.17) is 22.1 Å². The maximum atomic E-state index is 12.6. The minimum absolute atomic E-state index is 0.0657. The van der Waals surface area contributed by atoms with Crippen LogP contribution in [0.1, 0.15) is 19.8 Å². The summed E-state index contributed by atoms with van der Waals surface area (Å²) in [5, 5.41) is 0.287. The number of piperidine rings is 1. The van der Waals surface area contributed by atoms with Gasteiger partial charge in [-0.2, -0.15) is 4.31 Å². The summed E-state index contributed by atoms with van der Waals surface area (Å²) in [5.41, 5.74) is 5.87. The molecule has 0 saturated carbocycles. The highest BCUT2D eigenvalue weighted by atomic mass is 35.5. The lowest BCUT2D eigenvalue weighted by atomic mass is 10.0. The fourth-order valence-corrected chi connectivity index (χ4v) is 4.49. The summed E-state index contributed by atoms with van der Waals surface area (Å²) in [4.78, 5) is 0.186. The largest absolute Gasteiger partial charge is 0.495 e. The predicted octanol–water partition coefficient (Wildman–Crippen LogP) is 1.85. The molecule has 0 amide bonds. The molecule has 1 aliphatic heterocycles. The van der Waals surface area contributed by atoms with Crippen LogP contribution in [0.2, 0.25) is 5.02 Å². The Balaban J connectivity index is 2.33. The molecule has 0 radical (unpaired) electrons. The second-order valence-electron chi connectivity index (χ2n) is 5.05. The highest BCUT2D eigenvalue weighted by Crippen LogP contribution is 2.30. The molecule has 0 bridgehead atoms. The molecule has 1 aromatic rings. The Morgan fingerprint density at radius 2 is 2.15 bits per heavy atom. The van der Waals surface area contributed by atoms with Crippen LogP contribution < -0.4 is 10.5 Å². The van der Waals surface area contributed by atoms with Crippen LogP contribution in [0.25, 0.3) is 0 Å². The summed E-state index contributed by atoms with van der Waals surface area (Å²) in [6.07, 6.45) is 1.34. The van der Waals surface area contributed by atoms with Crippen LogP contribution in [0.15, 0.2) is 23.1 Å². The minimum Gasteiger partial charge on any atom is -0.495 e. The van der Waals surface area contributed by atoms with E-state index >= 15 is 0 Å². The summed E-state index contributed by atoms with van der Waals surface area (Å²) < 4.78 is 31.8. The van der Waals surface area contributed by atoms with Gasteiger partial charge in [0.15, 0.2) is 0 Å². The quantitative estimate of drug-likeness (QED) is 0.923. The molecule has 7 heteroatoms. The molecule has 1 aliphatic rings. The van der Waals surface area contributed by atoms with Crippen molar-refractivity contribution < 1.29 is 13.2 Å². The van der Waals surface area contributed by atoms with Crippen molar-refractivity contribution in [3.63, 3.8) is 0 Å². The first-order valence-electron chi connectivity index (χ1n) is 6.47. The van der Waals surface area contributed by atoms with E-state index in [1.165, 1.54) is 23.5 Å². The van der Waals surface area contributed by atoms with Gasteiger partial charge in [-0.3, -0.25) is 0 Å². The van der Waals surface area contributed by atoms with Gasteiger partial charge in [0.1, 0.15) is 5.75 Å². The maximum Gasteiger partial charge on any atom is 0.243 e. The lowest BCUT2D eigenvalue weighted by Gasteiger charge is -2.35. The van der Waals surface area contributed by atoms with Crippen LogP contribution >= 0.6 is 11.6 Å². The first kappa shape index (κ1) is 15.6. The third-order valence-corrected chi connectivity index (χ3v) is 5.89. The van der Waals surface area contributed by atoms with Crippen molar-refractivity contribution >= 4 is 21.6 Å². The van der Waals surface area contributed by atoms with Crippen molar-refractivity contribution in [2.75, 3.05) is 13.7 Å². The second-order valence-corrected chi connectivity index (χ2v) is 7.34. The molecule has 0 aromatic heterocycles. The third kappa shape index (κ3) is 2.93. The molecule has 2 atom stereocenters. The Bertz CT molecular complexity index is 591. The highest BCUT2D eigenvalue weighted by molar-refractivity contribution is 7.89. The summed E-state index contributed by atoms with van der Waals surface area (Å²) in [5.74, 6) is 0.458. The van der Waals surface area contributed by atoms with Crippen molar-refractivity contribution in [2.24, 2.45) is 5.73 Å². The van der Waals surface area contributed by atoms with E-state index in [-0.39, 0.29) is 22.0 Å². The zero-order chi connectivity index (χ0) is 14.9. The van der Waals surface area contributed by atoms with Crippen molar-refractivity contribution in [1.82, 2.24) is 4.31 Å². The Labute approximate surface area is 124 Å². The molecule has 1 heterocycles. The van der Waals surface area contributed by atoms with Crippen molar-refractivity contribution in [2.45, 2.75) is 36.7 Å². The fourth-order valence-electron chi connectivity index (χ4n) is 2.49. The van der Waals surface area contributed by atoms with Gasteiger partial charge in [0.05, 0.1) is 17.0 Å². The zero-order valence-corrected chi connectivity index (χ0v) is 13.1. The molecule has 2 rings (SSSR count). The maximum absolute atomic E-state index is 12.6. The van der Waals surface area contributed by atoms with E-state index in [0.717, 1.165) is 0 Å². The topological polar surface area (TPSA) is 72.6 Å². The summed E-state index contributed by atoms with van der Waals surface area (Å²) in [7, 11) is -2.05. The lowest BCUT2D eigenvalue weighted by molar-refractivity contribution is 0.247. The van der Waals surface area contributed by atoms with Crippen molar-refractivity contribution in [3.05, 3.63) is 23.2 Å². The van der Waals surface area contributed by atoms with E-state index in [1.54, 1.807) is 6.07 Å². The number of nitrogens with zero attached hydrogens (tertiary/aromatic N) is 1. The van der Waals surface area contributed by atoms with Crippen LogP contribution in [-0.4, -0.2) is 38.5 Å². The van der Waals surface area contributed by atoms with E-state index in [9.17, 15) is 8.42 Å². The van der Waals surface area contributed by atoms with E-state index < -0.39 is 10.0 Å². The normalized spacial score (nSPS) is 24.6. The molecule has 5 nitrogen and oxygen atoms in total.